The molecule has 0 saturated heterocycles. The first-order valence-electron chi connectivity index (χ1n) is 8.53. The smallest absolute Gasteiger partial charge is 0.403 e. The predicted molar refractivity (Wildman–Crippen MR) is 95.8 cm³/mol. The third kappa shape index (κ3) is 5.44. The number of aromatic amines is 1. The van der Waals surface area contributed by atoms with Crippen LogP contribution in [0.15, 0.2) is 59.5 Å². The highest BCUT2D eigenvalue weighted by atomic mass is 19.4. The molecular formula is C20H12F6N2O3. The lowest BCUT2D eigenvalue weighted by atomic mass is 9.97. The first kappa shape index (κ1) is 21.9. The van der Waals surface area contributed by atoms with Crippen molar-refractivity contribution < 1.29 is 35.9 Å². The number of aromatic nitrogens is 1. The van der Waals surface area contributed by atoms with Crippen LogP contribution in [0.1, 0.15) is 27.5 Å². The topological polar surface area (TPSA) is 71.2 Å². The molecule has 0 aliphatic heterocycles. The quantitative estimate of drug-likeness (QED) is 0.582. The maximum absolute atomic E-state index is 14.4. The zero-order chi connectivity index (χ0) is 22.8. The number of halogens is 6. The molecule has 0 aliphatic carbocycles. The van der Waals surface area contributed by atoms with E-state index in [2.05, 4.69) is 15.0 Å². The van der Waals surface area contributed by atoms with E-state index < -0.39 is 47.1 Å². The van der Waals surface area contributed by atoms with Gasteiger partial charge in [-0.25, -0.2) is 13.2 Å². The molecule has 0 fully saturated rings. The lowest BCUT2D eigenvalue weighted by Crippen LogP contribution is -2.30. The highest BCUT2D eigenvalue weighted by Gasteiger charge is 2.33. The van der Waals surface area contributed by atoms with Crippen LogP contribution in [0.3, 0.4) is 0 Å². The number of ether oxygens (including phenoxy) is 1. The van der Waals surface area contributed by atoms with E-state index in [4.69, 9.17) is 0 Å². The molecule has 1 heterocycles. The molecule has 31 heavy (non-hydrogen) atoms. The molecule has 1 amide bonds. The highest BCUT2D eigenvalue weighted by Crippen LogP contribution is 2.31. The second-order valence-corrected chi connectivity index (χ2v) is 6.25. The molecule has 162 valence electrons. The van der Waals surface area contributed by atoms with Crippen molar-refractivity contribution in [2.45, 2.75) is 12.4 Å². The van der Waals surface area contributed by atoms with E-state index in [0.29, 0.717) is 18.2 Å². The van der Waals surface area contributed by atoms with Gasteiger partial charge in [0.1, 0.15) is 11.6 Å². The first-order chi connectivity index (χ1) is 14.5. The number of carbonyl (C=O) groups excluding carboxylic acids is 1. The van der Waals surface area contributed by atoms with Crippen molar-refractivity contribution in [1.29, 1.82) is 0 Å². The van der Waals surface area contributed by atoms with Gasteiger partial charge in [-0.3, -0.25) is 9.59 Å². The number of alkyl halides is 3. The molecule has 3 rings (SSSR count). The van der Waals surface area contributed by atoms with Crippen LogP contribution in [0.4, 0.5) is 26.3 Å². The SMILES string of the molecule is O=C(NC(c1ccc(OC(F)(F)F)c(F)c1)c1ccc(F)cc1F)c1ccc(=O)[nH]c1. The van der Waals surface area contributed by atoms with E-state index >= 15 is 0 Å². The van der Waals surface area contributed by atoms with Crippen molar-refractivity contribution in [3.63, 3.8) is 0 Å². The number of nitrogens with one attached hydrogen (secondary N) is 2. The summed E-state index contributed by atoms with van der Waals surface area (Å²) < 4.78 is 82.6. The summed E-state index contributed by atoms with van der Waals surface area (Å²) in [5.41, 5.74) is -0.942. The van der Waals surface area contributed by atoms with Gasteiger partial charge in [-0.15, -0.1) is 13.2 Å². The minimum absolute atomic E-state index is 0.0374. The fourth-order valence-electron chi connectivity index (χ4n) is 2.75. The van der Waals surface area contributed by atoms with Crippen molar-refractivity contribution >= 4 is 5.91 Å². The Balaban J connectivity index is 2.01. The van der Waals surface area contributed by atoms with Gasteiger partial charge < -0.3 is 15.0 Å². The monoisotopic (exact) mass is 442 g/mol. The molecule has 0 radical (unpaired) electrons. The Bertz CT molecular complexity index is 1160. The van der Waals surface area contributed by atoms with Crippen LogP contribution in [0.25, 0.3) is 0 Å². The van der Waals surface area contributed by atoms with Crippen molar-refractivity contribution in [3.05, 3.63) is 99.2 Å². The lowest BCUT2D eigenvalue weighted by molar-refractivity contribution is -0.275. The standard InChI is InChI=1S/C20H12F6N2O3/c21-12-3-4-13(14(22)8-12)18(28-19(30)11-2-6-17(29)27-9-11)10-1-5-16(15(23)7-10)31-20(24,25)26/h1-9,18H,(H,27,29)(H,28,30). The normalized spacial score (nSPS) is 12.3. The highest BCUT2D eigenvalue weighted by molar-refractivity contribution is 5.94. The van der Waals surface area contributed by atoms with Gasteiger partial charge in [-0.2, -0.15) is 0 Å². The average Bonchev–Trinajstić information content (AvgIpc) is 2.68. The van der Waals surface area contributed by atoms with E-state index in [0.717, 1.165) is 30.5 Å². The molecule has 2 N–H and O–H groups in total. The third-order valence-corrected chi connectivity index (χ3v) is 4.11. The Labute approximate surface area is 170 Å². The Kier molecular flexibility index (Phi) is 6.04. The number of rotatable bonds is 5. The molecule has 1 unspecified atom stereocenters. The van der Waals surface area contributed by atoms with Gasteiger partial charge in [0.25, 0.3) is 5.91 Å². The number of benzene rings is 2. The minimum atomic E-state index is -5.14. The van der Waals surface area contributed by atoms with Gasteiger partial charge in [0.15, 0.2) is 11.6 Å². The van der Waals surface area contributed by atoms with Crippen LogP contribution in [0.5, 0.6) is 5.75 Å². The fourth-order valence-corrected chi connectivity index (χ4v) is 2.75. The first-order valence-corrected chi connectivity index (χ1v) is 8.53. The predicted octanol–water partition coefficient (Wildman–Crippen LogP) is 4.21. The molecule has 0 bridgehead atoms. The fraction of sp³-hybridized carbons (Fsp3) is 0.100. The average molecular weight is 442 g/mol. The van der Waals surface area contributed by atoms with Gasteiger partial charge in [0.2, 0.25) is 5.56 Å². The second kappa shape index (κ2) is 8.54. The lowest BCUT2D eigenvalue weighted by Gasteiger charge is -2.21. The molecule has 1 aromatic heterocycles. The van der Waals surface area contributed by atoms with Gasteiger partial charge in [-0.05, 0) is 29.8 Å². The number of carbonyl (C=O) groups is 1. The molecule has 3 aromatic rings. The van der Waals surface area contributed by atoms with Crippen LogP contribution in [0.2, 0.25) is 0 Å². The molecule has 0 saturated carbocycles. The van der Waals surface area contributed by atoms with Crippen molar-refractivity contribution in [3.8, 4) is 5.75 Å². The number of pyridine rings is 1. The maximum Gasteiger partial charge on any atom is 0.573 e. The molecule has 5 nitrogen and oxygen atoms in total. The van der Waals surface area contributed by atoms with Gasteiger partial charge in [0, 0.05) is 23.9 Å². The zero-order valence-corrected chi connectivity index (χ0v) is 15.3. The largest absolute Gasteiger partial charge is 0.573 e. The van der Waals surface area contributed by atoms with Crippen LogP contribution >= 0.6 is 0 Å². The summed E-state index contributed by atoms with van der Waals surface area (Å²) in [4.78, 5) is 25.9. The van der Waals surface area contributed by atoms with E-state index in [1.54, 1.807) is 0 Å². The number of H-pyrrole nitrogens is 1. The number of amides is 1. The maximum atomic E-state index is 14.4. The van der Waals surface area contributed by atoms with E-state index in [1.165, 1.54) is 6.07 Å². The Morgan fingerprint density at radius 3 is 2.29 bits per heavy atom. The van der Waals surface area contributed by atoms with Crippen molar-refractivity contribution in [1.82, 2.24) is 10.3 Å². The summed E-state index contributed by atoms with van der Waals surface area (Å²) in [6.45, 7) is 0. The van der Waals surface area contributed by atoms with Crippen LogP contribution in [-0.2, 0) is 0 Å². The Hall–Kier alpha value is -3.76. The summed E-state index contributed by atoms with van der Waals surface area (Å²) in [7, 11) is 0. The molecule has 2 aromatic carbocycles. The molecular weight excluding hydrogens is 430 g/mol. The van der Waals surface area contributed by atoms with E-state index in [1.807, 2.05) is 0 Å². The molecule has 1 atom stereocenters. The Morgan fingerprint density at radius 2 is 1.71 bits per heavy atom. The Morgan fingerprint density at radius 1 is 0.968 bits per heavy atom. The van der Waals surface area contributed by atoms with Gasteiger partial charge in [-0.1, -0.05) is 12.1 Å². The van der Waals surface area contributed by atoms with Crippen molar-refractivity contribution in [2.24, 2.45) is 0 Å². The molecule has 0 aliphatic rings. The van der Waals surface area contributed by atoms with Crippen LogP contribution in [-0.4, -0.2) is 17.3 Å². The molecule has 11 heteroatoms. The van der Waals surface area contributed by atoms with Gasteiger partial charge in [0.05, 0.1) is 11.6 Å². The summed E-state index contributed by atoms with van der Waals surface area (Å²) in [6, 6.07) is 5.54. The summed E-state index contributed by atoms with van der Waals surface area (Å²) in [6.07, 6.45) is -4.06. The van der Waals surface area contributed by atoms with E-state index in [-0.39, 0.29) is 16.7 Å². The number of hydrogen-bond acceptors (Lipinski definition) is 3. The third-order valence-electron chi connectivity index (χ3n) is 4.11. The summed E-state index contributed by atoms with van der Waals surface area (Å²) in [5.74, 6) is -5.35. The van der Waals surface area contributed by atoms with Gasteiger partial charge >= 0.3 is 6.36 Å². The van der Waals surface area contributed by atoms with Crippen LogP contribution in [0, 0.1) is 17.5 Å². The van der Waals surface area contributed by atoms with E-state index in [9.17, 15) is 35.9 Å². The van der Waals surface area contributed by atoms with Crippen LogP contribution < -0.4 is 15.6 Å². The summed E-state index contributed by atoms with van der Waals surface area (Å²) in [5, 5.41) is 2.39. The minimum Gasteiger partial charge on any atom is -0.403 e. The van der Waals surface area contributed by atoms with Crippen molar-refractivity contribution in [2.75, 3.05) is 0 Å². The second-order valence-electron chi connectivity index (χ2n) is 6.25. The number of hydrogen-bond donors (Lipinski definition) is 2. The molecule has 0 spiro atoms. The zero-order valence-electron chi connectivity index (χ0n) is 15.3. The summed E-state index contributed by atoms with van der Waals surface area (Å²) >= 11 is 0.